The molecule has 7 heteroatoms. The van der Waals surface area contributed by atoms with Crippen molar-refractivity contribution in [3.63, 3.8) is 0 Å². The summed E-state index contributed by atoms with van der Waals surface area (Å²) in [6.07, 6.45) is 0. The molecule has 5 nitrogen and oxygen atoms in total. The first-order valence-corrected chi connectivity index (χ1v) is 8.16. The summed E-state index contributed by atoms with van der Waals surface area (Å²) in [5.41, 5.74) is 1.06. The topological polar surface area (TPSA) is 65.0 Å². The minimum atomic E-state index is -0.943. The molecule has 1 aliphatic heterocycles. The molecule has 0 aromatic heterocycles. The van der Waals surface area contributed by atoms with Gasteiger partial charge in [0, 0.05) is 17.3 Å². The summed E-state index contributed by atoms with van der Waals surface area (Å²) >= 11 is 5.90. The standard InChI is InChI=1S/C18H19ClFNO4/c1-5-25-18(23)14-10(3)21-9(2)13(17(22)24-4)15(14)11-7-6-8-12(19)16(11)20/h6-8,13,15H,5H2,1-4H3. The van der Waals surface area contributed by atoms with Crippen LogP contribution in [0.5, 0.6) is 0 Å². The highest BCUT2D eigenvalue weighted by Crippen LogP contribution is 2.41. The lowest BCUT2D eigenvalue weighted by molar-refractivity contribution is -0.144. The molecule has 0 N–H and O–H groups in total. The van der Waals surface area contributed by atoms with Crippen molar-refractivity contribution in [2.24, 2.45) is 10.9 Å². The van der Waals surface area contributed by atoms with E-state index in [1.807, 2.05) is 0 Å². The normalized spacial score (nSPS) is 20.2. The Kier molecular flexibility index (Phi) is 5.95. The molecule has 25 heavy (non-hydrogen) atoms. The van der Waals surface area contributed by atoms with E-state index in [9.17, 15) is 14.0 Å². The molecule has 1 aromatic rings. The third kappa shape index (κ3) is 3.58. The summed E-state index contributed by atoms with van der Waals surface area (Å²) in [5, 5.41) is -0.0952. The first kappa shape index (κ1) is 19.1. The highest BCUT2D eigenvalue weighted by atomic mass is 35.5. The molecule has 2 rings (SSSR count). The van der Waals surface area contributed by atoms with Gasteiger partial charge in [-0.05, 0) is 32.4 Å². The van der Waals surface area contributed by atoms with Crippen LogP contribution in [-0.2, 0) is 19.1 Å². The highest BCUT2D eigenvalue weighted by molar-refractivity contribution is 6.30. The predicted octanol–water partition coefficient (Wildman–Crippen LogP) is 3.66. The van der Waals surface area contributed by atoms with Crippen molar-refractivity contribution in [3.05, 3.63) is 45.9 Å². The summed E-state index contributed by atoms with van der Waals surface area (Å²) in [6, 6.07) is 4.46. The Balaban J connectivity index is 2.72. The maximum absolute atomic E-state index is 14.7. The maximum Gasteiger partial charge on any atom is 0.336 e. The molecule has 1 heterocycles. The molecular weight excluding hydrogens is 349 g/mol. The Bertz CT molecular complexity index is 772. The van der Waals surface area contributed by atoms with Gasteiger partial charge in [-0.1, -0.05) is 23.7 Å². The van der Waals surface area contributed by atoms with Gasteiger partial charge in [-0.3, -0.25) is 9.79 Å². The van der Waals surface area contributed by atoms with Crippen molar-refractivity contribution in [1.29, 1.82) is 0 Å². The molecular formula is C18H19ClFNO4. The molecule has 0 amide bonds. The van der Waals surface area contributed by atoms with E-state index in [2.05, 4.69) is 4.99 Å². The SMILES string of the molecule is CCOC(=O)C1=C(C)N=C(C)C(C(=O)OC)C1c1cccc(Cl)c1F. The summed E-state index contributed by atoms with van der Waals surface area (Å²) in [4.78, 5) is 29.1. The van der Waals surface area contributed by atoms with Crippen LogP contribution >= 0.6 is 11.6 Å². The van der Waals surface area contributed by atoms with Crippen LogP contribution in [0.4, 0.5) is 4.39 Å². The fourth-order valence-corrected chi connectivity index (χ4v) is 3.22. The molecule has 0 spiro atoms. The lowest BCUT2D eigenvalue weighted by Gasteiger charge is -2.31. The van der Waals surface area contributed by atoms with Gasteiger partial charge in [-0.15, -0.1) is 0 Å². The van der Waals surface area contributed by atoms with E-state index in [0.29, 0.717) is 11.4 Å². The molecule has 0 radical (unpaired) electrons. The molecule has 0 saturated carbocycles. The van der Waals surface area contributed by atoms with Gasteiger partial charge in [-0.2, -0.15) is 0 Å². The van der Waals surface area contributed by atoms with Gasteiger partial charge in [0.05, 0.1) is 24.3 Å². The number of carbonyl (C=O) groups excluding carboxylic acids is 2. The number of methoxy groups -OCH3 is 1. The molecule has 0 bridgehead atoms. The number of nitrogens with zero attached hydrogens (tertiary/aromatic N) is 1. The fourth-order valence-electron chi connectivity index (χ4n) is 3.04. The minimum Gasteiger partial charge on any atom is -0.468 e. The third-order valence-electron chi connectivity index (χ3n) is 4.10. The van der Waals surface area contributed by atoms with E-state index >= 15 is 0 Å². The Hall–Kier alpha value is -2.21. The van der Waals surface area contributed by atoms with Gasteiger partial charge < -0.3 is 9.47 Å². The summed E-state index contributed by atoms with van der Waals surface area (Å²) in [5.74, 6) is -3.81. The van der Waals surface area contributed by atoms with Crippen LogP contribution in [0.3, 0.4) is 0 Å². The van der Waals surface area contributed by atoms with Crippen LogP contribution in [-0.4, -0.2) is 31.4 Å². The van der Waals surface area contributed by atoms with Crippen LogP contribution in [0.15, 0.2) is 34.5 Å². The van der Waals surface area contributed by atoms with Gasteiger partial charge in [0.15, 0.2) is 0 Å². The number of halogens is 2. The van der Waals surface area contributed by atoms with Crippen LogP contribution < -0.4 is 0 Å². The van der Waals surface area contributed by atoms with Crippen molar-refractivity contribution in [3.8, 4) is 0 Å². The molecule has 2 atom stereocenters. The average molecular weight is 368 g/mol. The van der Waals surface area contributed by atoms with E-state index in [0.717, 1.165) is 0 Å². The first-order chi connectivity index (χ1) is 11.8. The molecule has 1 aromatic carbocycles. The van der Waals surface area contributed by atoms with Gasteiger partial charge in [-0.25, -0.2) is 9.18 Å². The van der Waals surface area contributed by atoms with Crippen LogP contribution in [0, 0.1) is 11.7 Å². The lowest BCUT2D eigenvalue weighted by Crippen LogP contribution is -2.36. The number of allylic oxidation sites excluding steroid dienone is 1. The Morgan fingerprint density at radius 1 is 1.32 bits per heavy atom. The molecule has 0 fully saturated rings. The van der Waals surface area contributed by atoms with Gasteiger partial charge >= 0.3 is 11.9 Å². The van der Waals surface area contributed by atoms with Crippen LogP contribution in [0.1, 0.15) is 32.3 Å². The molecule has 2 unspecified atom stereocenters. The molecule has 0 saturated heterocycles. The Morgan fingerprint density at radius 2 is 2.00 bits per heavy atom. The van der Waals surface area contributed by atoms with E-state index in [1.54, 1.807) is 26.8 Å². The quantitative estimate of drug-likeness (QED) is 0.762. The van der Waals surface area contributed by atoms with Crippen molar-refractivity contribution in [1.82, 2.24) is 0 Å². The van der Waals surface area contributed by atoms with Gasteiger partial charge in [0.25, 0.3) is 0 Å². The van der Waals surface area contributed by atoms with E-state index in [4.69, 9.17) is 21.1 Å². The number of ether oxygens (including phenoxy) is 2. The van der Waals surface area contributed by atoms with Crippen LogP contribution in [0.25, 0.3) is 0 Å². The largest absolute Gasteiger partial charge is 0.468 e. The minimum absolute atomic E-state index is 0.0952. The molecule has 1 aliphatic rings. The number of esters is 2. The Labute approximate surface area is 150 Å². The lowest BCUT2D eigenvalue weighted by atomic mass is 9.75. The van der Waals surface area contributed by atoms with Crippen LogP contribution in [0.2, 0.25) is 5.02 Å². The first-order valence-electron chi connectivity index (χ1n) is 7.78. The monoisotopic (exact) mass is 367 g/mol. The number of hydrogen-bond acceptors (Lipinski definition) is 5. The number of benzene rings is 1. The second kappa shape index (κ2) is 7.78. The number of hydrogen-bond donors (Lipinski definition) is 0. The van der Waals surface area contributed by atoms with E-state index in [1.165, 1.54) is 19.2 Å². The number of carbonyl (C=O) groups is 2. The molecule has 0 aliphatic carbocycles. The maximum atomic E-state index is 14.7. The number of aliphatic imine (C=N–C) groups is 1. The average Bonchev–Trinajstić information content (AvgIpc) is 2.56. The summed E-state index contributed by atoms with van der Waals surface area (Å²) in [7, 11) is 1.23. The smallest absolute Gasteiger partial charge is 0.336 e. The fraction of sp³-hybridized carbons (Fsp3) is 0.389. The second-order valence-electron chi connectivity index (χ2n) is 5.59. The van der Waals surface area contributed by atoms with Crippen molar-refractivity contribution in [2.45, 2.75) is 26.7 Å². The van der Waals surface area contributed by atoms with Crippen molar-refractivity contribution in [2.75, 3.05) is 13.7 Å². The zero-order valence-corrected chi connectivity index (χ0v) is 15.2. The van der Waals surface area contributed by atoms with Gasteiger partial charge in [0.1, 0.15) is 11.7 Å². The van der Waals surface area contributed by atoms with Crippen molar-refractivity contribution < 1.29 is 23.5 Å². The summed E-state index contributed by atoms with van der Waals surface area (Å²) < 4.78 is 24.7. The molecule has 134 valence electrons. The summed E-state index contributed by atoms with van der Waals surface area (Å²) in [6.45, 7) is 5.07. The third-order valence-corrected chi connectivity index (χ3v) is 4.39. The zero-order chi connectivity index (χ0) is 18.7. The Morgan fingerprint density at radius 3 is 2.60 bits per heavy atom. The number of rotatable bonds is 4. The van der Waals surface area contributed by atoms with E-state index < -0.39 is 29.6 Å². The highest BCUT2D eigenvalue weighted by Gasteiger charge is 2.43. The van der Waals surface area contributed by atoms with Crippen molar-refractivity contribution >= 4 is 29.3 Å². The van der Waals surface area contributed by atoms with E-state index in [-0.39, 0.29) is 22.8 Å². The predicted molar refractivity (Wildman–Crippen MR) is 92.1 cm³/mol. The zero-order valence-electron chi connectivity index (χ0n) is 14.4. The second-order valence-corrected chi connectivity index (χ2v) is 6.00. The van der Waals surface area contributed by atoms with Gasteiger partial charge in [0.2, 0.25) is 0 Å².